The third-order valence-corrected chi connectivity index (χ3v) is 3.50. The lowest BCUT2D eigenvalue weighted by Gasteiger charge is -2.21. The van der Waals surface area contributed by atoms with Gasteiger partial charge in [0, 0.05) is 23.6 Å². The first-order valence-corrected chi connectivity index (χ1v) is 6.53. The van der Waals surface area contributed by atoms with E-state index < -0.39 is 0 Å². The van der Waals surface area contributed by atoms with Gasteiger partial charge in [-0.15, -0.1) is 11.3 Å². The van der Waals surface area contributed by atoms with Crippen molar-refractivity contribution in [2.75, 3.05) is 6.61 Å². The van der Waals surface area contributed by atoms with E-state index in [-0.39, 0.29) is 6.61 Å². The molecule has 0 saturated carbocycles. The summed E-state index contributed by atoms with van der Waals surface area (Å²) in [6, 6.07) is 5.22. The van der Waals surface area contributed by atoms with Crippen LogP contribution in [0.15, 0.2) is 17.5 Å². The number of aliphatic hydroxyl groups excluding tert-OH is 1. The van der Waals surface area contributed by atoms with Crippen molar-refractivity contribution in [3.63, 3.8) is 0 Å². The Morgan fingerprint density at radius 1 is 1.53 bits per heavy atom. The van der Waals surface area contributed by atoms with E-state index in [4.69, 9.17) is 5.11 Å². The number of hydrogen-bond donors (Lipinski definition) is 2. The average Bonchev–Trinajstić information content (AvgIpc) is 2.70. The average molecular weight is 227 g/mol. The third-order valence-electron chi connectivity index (χ3n) is 2.60. The van der Waals surface area contributed by atoms with Crippen LogP contribution in [0.2, 0.25) is 0 Å². The van der Waals surface area contributed by atoms with Gasteiger partial charge in [-0.2, -0.15) is 0 Å². The van der Waals surface area contributed by atoms with Crippen LogP contribution in [0.25, 0.3) is 0 Å². The molecule has 0 aliphatic rings. The van der Waals surface area contributed by atoms with Crippen molar-refractivity contribution in [1.82, 2.24) is 5.32 Å². The van der Waals surface area contributed by atoms with Crippen LogP contribution in [0, 0.1) is 0 Å². The maximum Gasteiger partial charge on any atom is 0.0445 e. The van der Waals surface area contributed by atoms with E-state index in [1.165, 1.54) is 4.88 Å². The van der Waals surface area contributed by atoms with Gasteiger partial charge < -0.3 is 10.4 Å². The Morgan fingerprint density at radius 2 is 2.33 bits per heavy atom. The molecule has 2 N–H and O–H groups in total. The van der Waals surface area contributed by atoms with E-state index in [9.17, 15) is 0 Å². The maximum atomic E-state index is 8.84. The lowest BCUT2D eigenvalue weighted by Crippen LogP contribution is -2.37. The minimum Gasteiger partial charge on any atom is -0.396 e. The van der Waals surface area contributed by atoms with Crippen molar-refractivity contribution >= 4 is 11.3 Å². The van der Waals surface area contributed by atoms with Crippen LogP contribution in [-0.4, -0.2) is 23.8 Å². The number of hydrogen-bond acceptors (Lipinski definition) is 3. The Balaban J connectivity index is 2.35. The van der Waals surface area contributed by atoms with Gasteiger partial charge in [0.25, 0.3) is 0 Å². The summed E-state index contributed by atoms with van der Waals surface area (Å²) in [5, 5.41) is 14.5. The van der Waals surface area contributed by atoms with Gasteiger partial charge in [0.05, 0.1) is 0 Å². The van der Waals surface area contributed by atoms with Gasteiger partial charge in [0.15, 0.2) is 0 Å². The molecule has 0 radical (unpaired) electrons. The van der Waals surface area contributed by atoms with E-state index in [0.29, 0.717) is 12.1 Å². The molecule has 0 aromatic carbocycles. The molecule has 2 unspecified atom stereocenters. The second-order valence-corrected chi connectivity index (χ2v) is 5.00. The minimum absolute atomic E-state index is 0.267. The highest BCUT2D eigenvalue weighted by atomic mass is 32.1. The van der Waals surface area contributed by atoms with Crippen LogP contribution in [0.4, 0.5) is 0 Å². The highest BCUT2D eigenvalue weighted by Gasteiger charge is 2.10. The Labute approximate surface area is 96.3 Å². The summed E-state index contributed by atoms with van der Waals surface area (Å²) in [5.74, 6) is 0. The van der Waals surface area contributed by atoms with Crippen LogP contribution in [0.1, 0.15) is 31.6 Å². The predicted molar refractivity (Wildman–Crippen MR) is 66.4 cm³/mol. The van der Waals surface area contributed by atoms with Gasteiger partial charge in [0.1, 0.15) is 0 Å². The molecule has 1 rings (SSSR count). The molecule has 15 heavy (non-hydrogen) atoms. The highest BCUT2D eigenvalue weighted by Crippen LogP contribution is 2.13. The molecule has 0 fully saturated rings. The molecule has 1 aromatic heterocycles. The molecule has 0 spiro atoms. The normalized spacial score (nSPS) is 15.1. The van der Waals surface area contributed by atoms with Gasteiger partial charge in [0.2, 0.25) is 0 Å². The van der Waals surface area contributed by atoms with Crippen molar-refractivity contribution in [1.29, 1.82) is 0 Å². The molecule has 1 heterocycles. The second kappa shape index (κ2) is 6.99. The second-order valence-electron chi connectivity index (χ2n) is 3.97. The standard InChI is InChI=1S/C12H21NOS/c1-3-11(13-10(2)6-7-14)9-12-5-4-8-15-12/h4-5,8,10-11,13-14H,3,6-7,9H2,1-2H3. The molecule has 3 heteroatoms. The quantitative estimate of drug-likeness (QED) is 0.750. The van der Waals surface area contributed by atoms with Crippen LogP contribution in [0.3, 0.4) is 0 Å². The lowest BCUT2D eigenvalue weighted by atomic mass is 10.1. The fraction of sp³-hybridized carbons (Fsp3) is 0.667. The van der Waals surface area contributed by atoms with E-state index in [1.54, 1.807) is 0 Å². The predicted octanol–water partition coefficient (Wildman–Crippen LogP) is 2.43. The zero-order valence-corrected chi connectivity index (χ0v) is 10.4. The van der Waals surface area contributed by atoms with Crippen LogP contribution < -0.4 is 5.32 Å². The zero-order valence-electron chi connectivity index (χ0n) is 9.57. The molecule has 1 aromatic rings. The Bertz CT molecular complexity index is 248. The lowest BCUT2D eigenvalue weighted by molar-refractivity contribution is 0.262. The summed E-state index contributed by atoms with van der Waals surface area (Å²) in [5.41, 5.74) is 0. The molecule has 86 valence electrons. The molecule has 2 nitrogen and oxygen atoms in total. The van der Waals surface area contributed by atoms with Crippen molar-refractivity contribution in [3.8, 4) is 0 Å². The topological polar surface area (TPSA) is 32.3 Å². The summed E-state index contributed by atoms with van der Waals surface area (Å²) in [4.78, 5) is 1.44. The molecular weight excluding hydrogens is 206 g/mol. The summed E-state index contributed by atoms with van der Waals surface area (Å²) >= 11 is 1.82. The fourth-order valence-corrected chi connectivity index (χ4v) is 2.46. The van der Waals surface area contributed by atoms with Crippen LogP contribution in [-0.2, 0) is 6.42 Å². The first-order chi connectivity index (χ1) is 7.26. The van der Waals surface area contributed by atoms with Gasteiger partial charge in [-0.05, 0) is 37.6 Å². The molecular formula is C12H21NOS. The maximum absolute atomic E-state index is 8.84. The monoisotopic (exact) mass is 227 g/mol. The van der Waals surface area contributed by atoms with E-state index in [1.807, 2.05) is 11.3 Å². The van der Waals surface area contributed by atoms with E-state index in [2.05, 4.69) is 36.7 Å². The van der Waals surface area contributed by atoms with Gasteiger partial charge in [-0.3, -0.25) is 0 Å². The van der Waals surface area contributed by atoms with E-state index >= 15 is 0 Å². The van der Waals surface area contributed by atoms with Gasteiger partial charge >= 0.3 is 0 Å². The minimum atomic E-state index is 0.267. The fourth-order valence-electron chi connectivity index (χ4n) is 1.67. The molecule has 0 saturated heterocycles. The van der Waals surface area contributed by atoms with Crippen molar-refractivity contribution < 1.29 is 5.11 Å². The first kappa shape index (κ1) is 12.7. The largest absolute Gasteiger partial charge is 0.396 e. The molecule has 2 atom stereocenters. The number of rotatable bonds is 7. The van der Waals surface area contributed by atoms with Gasteiger partial charge in [-0.1, -0.05) is 13.0 Å². The van der Waals surface area contributed by atoms with E-state index in [0.717, 1.165) is 19.3 Å². The number of aliphatic hydroxyl groups is 1. The molecule has 0 bridgehead atoms. The number of nitrogens with one attached hydrogen (secondary N) is 1. The SMILES string of the molecule is CCC(Cc1cccs1)NC(C)CCO. The molecule has 0 aliphatic heterocycles. The van der Waals surface area contributed by atoms with Gasteiger partial charge in [-0.25, -0.2) is 0 Å². The third kappa shape index (κ3) is 4.78. The summed E-state index contributed by atoms with van der Waals surface area (Å²) in [6.07, 6.45) is 3.07. The number of thiophene rings is 1. The Morgan fingerprint density at radius 3 is 2.87 bits per heavy atom. The molecule has 0 aliphatic carbocycles. The van der Waals surface area contributed by atoms with Crippen molar-refractivity contribution in [2.45, 2.75) is 45.2 Å². The Hall–Kier alpha value is -0.380. The summed E-state index contributed by atoms with van der Waals surface area (Å²) in [6.45, 7) is 4.61. The van der Waals surface area contributed by atoms with Crippen LogP contribution in [0.5, 0.6) is 0 Å². The van der Waals surface area contributed by atoms with Crippen molar-refractivity contribution in [3.05, 3.63) is 22.4 Å². The van der Waals surface area contributed by atoms with Crippen LogP contribution >= 0.6 is 11.3 Å². The zero-order chi connectivity index (χ0) is 11.1. The highest BCUT2D eigenvalue weighted by molar-refractivity contribution is 7.09. The first-order valence-electron chi connectivity index (χ1n) is 5.65. The summed E-state index contributed by atoms with van der Waals surface area (Å²) < 4.78 is 0. The smallest absolute Gasteiger partial charge is 0.0445 e. The summed E-state index contributed by atoms with van der Waals surface area (Å²) in [7, 11) is 0. The molecule has 0 amide bonds. The van der Waals surface area contributed by atoms with Crippen molar-refractivity contribution in [2.24, 2.45) is 0 Å². The Kier molecular flexibility index (Phi) is 5.91.